The Labute approximate surface area is 119 Å². The van der Waals surface area contributed by atoms with Crippen molar-refractivity contribution in [2.45, 2.75) is 32.6 Å². The largest absolute Gasteiger partial charge is 0.482 e. The van der Waals surface area contributed by atoms with Crippen LogP contribution in [0.25, 0.3) is 0 Å². The Morgan fingerprint density at radius 1 is 1.45 bits per heavy atom. The zero-order valence-electron chi connectivity index (χ0n) is 11.9. The summed E-state index contributed by atoms with van der Waals surface area (Å²) in [6, 6.07) is 5.97. The minimum Gasteiger partial charge on any atom is -0.482 e. The zero-order valence-corrected chi connectivity index (χ0v) is 11.9. The van der Waals surface area contributed by atoms with Crippen LogP contribution in [-0.2, 0) is 22.4 Å². The van der Waals surface area contributed by atoms with E-state index in [0.717, 1.165) is 31.4 Å². The van der Waals surface area contributed by atoms with Crippen LogP contribution < -0.4 is 4.74 Å². The molecule has 1 N–H and O–H groups in total. The maximum absolute atomic E-state index is 11.3. The van der Waals surface area contributed by atoms with Gasteiger partial charge in [0.05, 0.1) is 6.61 Å². The van der Waals surface area contributed by atoms with E-state index in [2.05, 4.69) is 6.07 Å². The zero-order chi connectivity index (χ0) is 14.4. The van der Waals surface area contributed by atoms with Crippen molar-refractivity contribution in [2.75, 3.05) is 19.8 Å². The highest BCUT2D eigenvalue weighted by molar-refractivity contribution is 5.71. The predicted molar refractivity (Wildman–Crippen MR) is 75.8 cm³/mol. The van der Waals surface area contributed by atoms with Gasteiger partial charge in [-0.3, -0.25) is 0 Å². The van der Waals surface area contributed by atoms with Crippen molar-refractivity contribution in [3.63, 3.8) is 0 Å². The van der Waals surface area contributed by atoms with Crippen LogP contribution in [0.2, 0.25) is 0 Å². The minimum atomic E-state index is -0.334. The molecule has 110 valence electrons. The van der Waals surface area contributed by atoms with E-state index in [-0.39, 0.29) is 19.2 Å². The Balaban J connectivity index is 2.02. The first-order chi connectivity index (χ1) is 9.74. The van der Waals surface area contributed by atoms with Crippen LogP contribution in [0.15, 0.2) is 18.2 Å². The number of hydrogen-bond acceptors (Lipinski definition) is 4. The lowest BCUT2D eigenvalue weighted by atomic mass is 9.82. The van der Waals surface area contributed by atoms with E-state index in [4.69, 9.17) is 14.6 Å². The maximum atomic E-state index is 11.3. The number of aliphatic hydroxyl groups excluding tert-OH is 1. The van der Waals surface area contributed by atoms with Crippen molar-refractivity contribution in [1.82, 2.24) is 0 Å². The number of fused-ring (bicyclic) bond motifs is 1. The van der Waals surface area contributed by atoms with Crippen LogP contribution in [0.3, 0.4) is 0 Å². The number of ether oxygens (including phenoxy) is 2. The summed E-state index contributed by atoms with van der Waals surface area (Å²) in [4.78, 5) is 11.3. The lowest BCUT2D eigenvalue weighted by Crippen LogP contribution is -2.19. The van der Waals surface area contributed by atoms with Gasteiger partial charge in [-0.1, -0.05) is 12.1 Å². The molecule has 0 saturated carbocycles. The third-order valence-electron chi connectivity index (χ3n) is 3.73. The van der Waals surface area contributed by atoms with Crippen LogP contribution in [0.5, 0.6) is 5.75 Å². The summed E-state index contributed by atoms with van der Waals surface area (Å²) in [5, 5.41) is 9.04. The molecule has 1 unspecified atom stereocenters. The molecular weight excluding hydrogens is 256 g/mol. The van der Waals surface area contributed by atoms with Gasteiger partial charge < -0.3 is 14.6 Å². The molecule has 4 nitrogen and oxygen atoms in total. The van der Waals surface area contributed by atoms with Crippen molar-refractivity contribution >= 4 is 5.97 Å². The Kier molecular flexibility index (Phi) is 5.41. The van der Waals surface area contributed by atoms with Crippen LogP contribution in [0.4, 0.5) is 0 Å². The summed E-state index contributed by atoms with van der Waals surface area (Å²) in [7, 11) is 0. The van der Waals surface area contributed by atoms with Crippen LogP contribution in [-0.4, -0.2) is 30.9 Å². The van der Waals surface area contributed by atoms with E-state index in [1.54, 1.807) is 6.92 Å². The third kappa shape index (κ3) is 3.73. The van der Waals surface area contributed by atoms with Gasteiger partial charge in [-0.05, 0) is 55.7 Å². The van der Waals surface area contributed by atoms with Crippen molar-refractivity contribution < 1.29 is 19.4 Å². The maximum Gasteiger partial charge on any atom is 0.344 e. The van der Waals surface area contributed by atoms with E-state index in [1.165, 1.54) is 11.1 Å². The van der Waals surface area contributed by atoms with Crippen molar-refractivity contribution in [1.29, 1.82) is 0 Å². The average Bonchev–Trinajstić information content (AvgIpc) is 2.45. The van der Waals surface area contributed by atoms with Gasteiger partial charge >= 0.3 is 5.97 Å². The number of carbonyl (C=O) groups excluding carboxylic acids is 1. The second-order valence-corrected chi connectivity index (χ2v) is 5.11. The highest BCUT2D eigenvalue weighted by atomic mass is 16.6. The molecular formula is C16H22O4. The van der Waals surface area contributed by atoms with Gasteiger partial charge in [0.15, 0.2) is 6.61 Å². The van der Waals surface area contributed by atoms with E-state index < -0.39 is 0 Å². The molecule has 4 heteroatoms. The molecule has 1 aromatic carbocycles. The topological polar surface area (TPSA) is 55.8 Å². The molecule has 2 rings (SSSR count). The molecule has 0 bridgehead atoms. The van der Waals surface area contributed by atoms with Gasteiger partial charge in [0, 0.05) is 6.61 Å². The van der Waals surface area contributed by atoms with Crippen molar-refractivity contribution in [2.24, 2.45) is 5.92 Å². The first-order valence-corrected chi connectivity index (χ1v) is 7.24. The van der Waals surface area contributed by atoms with Crippen LogP contribution in [0.1, 0.15) is 30.9 Å². The monoisotopic (exact) mass is 278 g/mol. The minimum absolute atomic E-state index is 0.0373. The Hall–Kier alpha value is -1.55. The number of carbonyl (C=O) groups is 1. The number of rotatable bonds is 6. The molecule has 1 atom stereocenters. The van der Waals surface area contributed by atoms with E-state index in [1.807, 2.05) is 12.1 Å². The van der Waals surface area contributed by atoms with Crippen molar-refractivity contribution in [3.8, 4) is 5.75 Å². The number of benzene rings is 1. The van der Waals surface area contributed by atoms with Gasteiger partial charge in [-0.2, -0.15) is 0 Å². The van der Waals surface area contributed by atoms with E-state index in [0.29, 0.717) is 12.5 Å². The molecule has 0 amide bonds. The number of esters is 1. The van der Waals surface area contributed by atoms with Gasteiger partial charge in [0.25, 0.3) is 0 Å². The Bertz CT molecular complexity index is 456. The van der Waals surface area contributed by atoms with Crippen LogP contribution >= 0.6 is 0 Å². The van der Waals surface area contributed by atoms with Gasteiger partial charge in [0.1, 0.15) is 5.75 Å². The summed E-state index contributed by atoms with van der Waals surface area (Å²) < 4.78 is 10.5. The molecule has 0 saturated heterocycles. The number of hydrogen-bond donors (Lipinski definition) is 1. The first-order valence-electron chi connectivity index (χ1n) is 7.24. The molecule has 0 fully saturated rings. The lowest BCUT2D eigenvalue weighted by Gasteiger charge is -2.25. The molecule has 1 aromatic rings. The fraction of sp³-hybridized carbons (Fsp3) is 0.562. The highest BCUT2D eigenvalue weighted by Crippen LogP contribution is 2.33. The van der Waals surface area contributed by atoms with E-state index in [9.17, 15) is 4.79 Å². The standard InChI is InChI=1S/C16H22O4/c1-2-19-16(18)11-20-15-5-3-4-13-10-12(8-9-17)6-7-14(13)15/h3-5,12,17H,2,6-11H2,1H3. The second-order valence-electron chi connectivity index (χ2n) is 5.11. The van der Waals surface area contributed by atoms with E-state index >= 15 is 0 Å². The predicted octanol–water partition coefficient (Wildman–Crippen LogP) is 2.12. The molecule has 0 spiro atoms. The smallest absolute Gasteiger partial charge is 0.344 e. The average molecular weight is 278 g/mol. The summed E-state index contributed by atoms with van der Waals surface area (Å²) in [6.45, 7) is 2.37. The lowest BCUT2D eigenvalue weighted by molar-refractivity contribution is -0.145. The Morgan fingerprint density at radius 3 is 3.05 bits per heavy atom. The summed E-state index contributed by atoms with van der Waals surface area (Å²) in [5.74, 6) is 1.00. The fourth-order valence-electron chi connectivity index (χ4n) is 2.75. The van der Waals surface area contributed by atoms with Gasteiger partial charge in [-0.15, -0.1) is 0 Å². The molecule has 1 aliphatic carbocycles. The second kappa shape index (κ2) is 7.29. The normalized spacial score (nSPS) is 17.4. The molecule has 20 heavy (non-hydrogen) atoms. The quantitative estimate of drug-likeness (QED) is 0.810. The Morgan fingerprint density at radius 2 is 2.30 bits per heavy atom. The highest BCUT2D eigenvalue weighted by Gasteiger charge is 2.21. The summed E-state index contributed by atoms with van der Waals surface area (Å²) in [6.07, 6.45) is 3.84. The fourth-order valence-corrected chi connectivity index (χ4v) is 2.75. The summed E-state index contributed by atoms with van der Waals surface area (Å²) in [5.41, 5.74) is 2.47. The molecule has 0 heterocycles. The molecule has 1 aliphatic rings. The molecule has 0 aliphatic heterocycles. The number of aliphatic hydroxyl groups is 1. The van der Waals surface area contributed by atoms with Crippen molar-refractivity contribution in [3.05, 3.63) is 29.3 Å². The van der Waals surface area contributed by atoms with Crippen LogP contribution in [0, 0.1) is 5.92 Å². The SMILES string of the molecule is CCOC(=O)COc1cccc2c1CCC(CCO)C2. The third-order valence-corrected chi connectivity index (χ3v) is 3.73. The molecule has 0 radical (unpaired) electrons. The molecule has 0 aromatic heterocycles. The van der Waals surface area contributed by atoms with Gasteiger partial charge in [0.2, 0.25) is 0 Å². The summed E-state index contributed by atoms with van der Waals surface area (Å²) >= 11 is 0. The van der Waals surface area contributed by atoms with Gasteiger partial charge in [-0.25, -0.2) is 4.79 Å². The first kappa shape index (κ1) is 14.9.